The summed E-state index contributed by atoms with van der Waals surface area (Å²) in [7, 11) is 1.28. The molecule has 1 N–H and O–H groups in total. The Bertz CT molecular complexity index is 609. The van der Waals surface area contributed by atoms with Crippen molar-refractivity contribution in [2.45, 2.75) is 16.7 Å². The molecule has 10 heteroatoms. The van der Waals surface area contributed by atoms with Gasteiger partial charge in [0, 0.05) is 6.07 Å². The number of nitrogens with zero attached hydrogens (tertiary/aromatic N) is 5. The Hall–Kier alpha value is -2.23. The maximum atomic E-state index is 11.1. The monoisotopic (exact) mass is 268 g/mol. The SMILES string of the molecule is COC(=O)Cn1nnnc1Sc1cc(=O)[nH]cn1. The van der Waals surface area contributed by atoms with Crippen molar-refractivity contribution in [1.82, 2.24) is 30.2 Å². The van der Waals surface area contributed by atoms with Gasteiger partial charge in [-0.05, 0) is 22.2 Å². The van der Waals surface area contributed by atoms with Gasteiger partial charge in [-0.3, -0.25) is 9.59 Å². The second-order valence-electron chi connectivity index (χ2n) is 3.05. The van der Waals surface area contributed by atoms with Crippen LogP contribution in [0.25, 0.3) is 0 Å². The predicted octanol–water partition coefficient (Wildman–Crippen LogP) is -0.919. The van der Waals surface area contributed by atoms with Crippen molar-refractivity contribution in [2.75, 3.05) is 7.11 Å². The van der Waals surface area contributed by atoms with E-state index in [2.05, 4.69) is 30.2 Å². The molecule has 0 saturated carbocycles. The van der Waals surface area contributed by atoms with Crippen LogP contribution in [0, 0.1) is 0 Å². The summed E-state index contributed by atoms with van der Waals surface area (Å²) in [6.07, 6.45) is 1.28. The lowest BCUT2D eigenvalue weighted by Crippen LogP contribution is -2.14. The van der Waals surface area contributed by atoms with Gasteiger partial charge in [-0.2, -0.15) is 0 Å². The first-order valence-corrected chi connectivity index (χ1v) is 5.56. The smallest absolute Gasteiger partial charge is 0.327 e. The molecule has 18 heavy (non-hydrogen) atoms. The number of aromatic amines is 1. The number of esters is 1. The summed E-state index contributed by atoms with van der Waals surface area (Å²) in [5, 5.41) is 11.6. The number of tetrazole rings is 1. The third-order valence-electron chi connectivity index (χ3n) is 1.85. The number of carbonyl (C=O) groups excluding carboxylic acids is 1. The molecular formula is C8H8N6O3S. The van der Waals surface area contributed by atoms with E-state index in [0.29, 0.717) is 10.2 Å². The van der Waals surface area contributed by atoms with Gasteiger partial charge >= 0.3 is 5.97 Å². The molecule has 2 aromatic rings. The number of hydrogen-bond donors (Lipinski definition) is 1. The third kappa shape index (κ3) is 2.91. The molecule has 0 aliphatic heterocycles. The second kappa shape index (κ2) is 5.40. The lowest BCUT2D eigenvalue weighted by molar-refractivity contribution is -0.141. The van der Waals surface area contributed by atoms with E-state index in [0.717, 1.165) is 11.8 Å². The Morgan fingerprint density at radius 2 is 2.44 bits per heavy atom. The van der Waals surface area contributed by atoms with Crippen LogP contribution in [-0.2, 0) is 16.1 Å². The summed E-state index contributed by atoms with van der Waals surface area (Å²) in [4.78, 5) is 28.5. The van der Waals surface area contributed by atoms with Crippen LogP contribution in [0.15, 0.2) is 27.4 Å². The Kier molecular flexibility index (Phi) is 3.67. The van der Waals surface area contributed by atoms with E-state index in [1.54, 1.807) is 0 Å². The molecule has 0 bridgehead atoms. The van der Waals surface area contributed by atoms with Gasteiger partial charge in [-0.25, -0.2) is 9.67 Å². The van der Waals surface area contributed by atoms with Gasteiger partial charge in [-0.15, -0.1) is 5.10 Å². The van der Waals surface area contributed by atoms with Crippen LogP contribution in [-0.4, -0.2) is 43.3 Å². The molecule has 9 nitrogen and oxygen atoms in total. The molecule has 2 rings (SSSR count). The summed E-state index contributed by atoms with van der Waals surface area (Å²) < 4.78 is 5.78. The summed E-state index contributed by atoms with van der Waals surface area (Å²) in [5.41, 5.74) is -0.278. The lowest BCUT2D eigenvalue weighted by atomic mass is 10.7. The first kappa shape index (κ1) is 12.2. The van der Waals surface area contributed by atoms with Crippen molar-refractivity contribution in [3.05, 3.63) is 22.7 Å². The first-order chi connectivity index (χ1) is 8.69. The molecule has 0 saturated heterocycles. The highest BCUT2D eigenvalue weighted by Crippen LogP contribution is 2.21. The van der Waals surface area contributed by atoms with Crippen molar-refractivity contribution >= 4 is 17.7 Å². The zero-order chi connectivity index (χ0) is 13.0. The number of hydrogen-bond acceptors (Lipinski definition) is 8. The molecule has 0 spiro atoms. The van der Waals surface area contributed by atoms with Crippen LogP contribution in [0.3, 0.4) is 0 Å². The van der Waals surface area contributed by atoms with Crippen LogP contribution in [0.1, 0.15) is 0 Å². The van der Waals surface area contributed by atoms with Gasteiger partial charge in [0.1, 0.15) is 11.6 Å². The Morgan fingerprint density at radius 3 is 3.17 bits per heavy atom. The van der Waals surface area contributed by atoms with Crippen molar-refractivity contribution in [2.24, 2.45) is 0 Å². The van der Waals surface area contributed by atoms with Crippen LogP contribution in [0.2, 0.25) is 0 Å². The molecule has 0 radical (unpaired) electrons. The second-order valence-corrected chi connectivity index (χ2v) is 4.03. The van der Waals surface area contributed by atoms with Crippen LogP contribution in [0.4, 0.5) is 0 Å². The first-order valence-electron chi connectivity index (χ1n) is 4.74. The number of rotatable bonds is 4. The van der Waals surface area contributed by atoms with Gasteiger partial charge < -0.3 is 9.72 Å². The molecule has 2 heterocycles. The number of aromatic nitrogens is 6. The fourth-order valence-electron chi connectivity index (χ4n) is 1.06. The maximum Gasteiger partial charge on any atom is 0.327 e. The summed E-state index contributed by atoms with van der Waals surface area (Å²) in [6, 6.07) is 1.31. The van der Waals surface area contributed by atoms with Crippen LogP contribution < -0.4 is 5.56 Å². The highest BCUT2D eigenvalue weighted by molar-refractivity contribution is 7.99. The van der Waals surface area contributed by atoms with Crippen molar-refractivity contribution in [3.8, 4) is 0 Å². The number of nitrogens with one attached hydrogen (secondary N) is 1. The lowest BCUT2D eigenvalue weighted by Gasteiger charge is -2.01. The maximum absolute atomic E-state index is 11.1. The topological polar surface area (TPSA) is 116 Å². The van der Waals surface area contributed by atoms with Crippen molar-refractivity contribution in [1.29, 1.82) is 0 Å². The zero-order valence-corrected chi connectivity index (χ0v) is 10.0. The molecule has 0 fully saturated rings. The van der Waals surface area contributed by atoms with Gasteiger partial charge in [0.05, 0.1) is 13.4 Å². The number of H-pyrrole nitrogens is 1. The van der Waals surface area contributed by atoms with E-state index in [-0.39, 0.29) is 12.1 Å². The predicted molar refractivity (Wildman–Crippen MR) is 58.8 cm³/mol. The van der Waals surface area contributed by atoms with Gasteiger partial charge in [-0.1, -0.05) is 0 Å². The summed E-state index contributed by atoms with van der Waals surface area (Å²) in [5.74, 6) is -0.469. The van der Waals surface area contributed by atoms with Gasteiger partial charge in [0.15, 0.2) is 0 Å². The fourth-order valence-corrected chi connectivity index (χ4v) is 1.80. The molecular weight excluding hydrogens is 260 g/mol. The zero-order valence-electron chi connectivity index (χ0n) is 9.23. The average Bonchev–Trinajstić information content (AvgIpc) is 2.76. The minimum atomic E-state index is -0.469. The van der Waals surface area contributed by atoms with Crippen molar-refractivity contribution in [3.63, 3.8) is 0 Å². The van der Waals surface area contributed by atoms with E-state index in [1.165, 1.54) is 24.2 Å². The standard InChI is InChI=1S/C8H8N6O3S/c1-17-7(16)3-14-8(11-12-13-14)18-6-2-5(15)9-4-10-6/h2,4H,3H2,1H3,(H,9,10,15). The third-order valence-corrected chi connectivity index (χ3v) is 2.76. The minimum Gasteiger partial charge on any atom is -0.468 e. The normalized spacial score (nSPS) is 10.3. The highest BCUT2D eigenvalue weighted by Gasteiger charge is 2.12. The summed E-state index contributed by atoms with van der Waals surface area (Å²) in [6.45, 7) is -0.102. The van der Waals surface area contributed by atoms with E-state index < -0.39 is 5.97 Å². The Balaban J connectivity index is 2.17. The van der Waals surface area contributed by atoms with E-state index in [4.69, 9.17) is 0 Å². The number of carbonyl (C=O) groups is 1. The highest BCUT2D eigenvalue weighted by atomic mass is 32.2. The van der Waals surface area contributed by atoms with Crippen LogP contribution in [0.5, 0.6) is 0 Å². The molecule has 0 atom stereocenters. The molecule has 0 unspecified atom stereocenters. The van der Waals surface area contributed by atoms with E-state index in [9.17, 15) is 9.59 Å². The number of ether oxygens (including phenoxy) is 1. The molecule has 2 aromatic heterocycles. The van der Waals surface area contributed by atoms with Gasteiger partial charge in [0.2, 0.25) is 5.16 Å². The van der Waals surface area contributed by atoms with E-state index in [1.807, 2.05) is 0 Å². The average molecular weight is 268 g/mol. The molecule has 0 aliphatic carbocycles. The summed E-state index contributed by atoms with van der Waals surface area (Å²) >= 11 is 1.08. The van der Waals surface area contributed by atoms with Crippen LogP contribution >= 0.6 is 11.8 Å². The van der Waals surface area contributed by atoms with Crippen molar-refractivity contribution < 1.29 is 9.53 Å². The number of methoxy groups -OCH3 is 1. The molecule has 94 valence electrons. The van der Waals surface area contributed by atoms with E-state index >= 15 is 0 Å². The largest absolute Gasteiger partial charge is 0.468 e. The molecule has 0 aromatic carbocycles. The molecule has 0 amide bonds. The fraction of sp³-hybridized carbons (Fsp3) is 0.250. The Morgan fingerprint density at radius 1 is 1.61 bits per heavy atom. The quantitative estimate of drug-likeness (QED) is 0.559. The van der Waals surface area contributed by atoms with Gasteiger partial charge in [0.25, 0.3) is 5.56 Å². The minimum absolute atomic E-state index is 0.102. The Labute approximate surface area is 105 Å². The molecule has 0 aliphatic rings.